The molecule has 0 radical (unpaired) electrons. The summed E-state index contributed by atoms with van der Waals surface area (Å²) in [5, 5.41) is 0. The highest BCUT2D eigenvalue weighted by molar-refractivity contribution is 7.09. The highest BCUT2D eigenvalue weighted by Gasteiger charge is 2.18. The van der Waals surface area contributed by atoms with Crippen LogP contribution in [0.2, 0.25) is 0 Å². The summed E-state index contributed by atoms with van der Waals surface area (Å²) < 4.78 is 13.2. The van der Waals surface area contributed by atoms with E-state index in [2.05, 4.69) is 39.0 Å². The number of aromatic nitrogens is 1. The maximum absolute atomic E-state index is 13.2. The second kappa shape index (κ2) is 8.06. The van der Waals surface area contributed by atoms with Crippen LogP contribution in [0.15, 0.2) is 59.4 Å². The van der Waals surface area contributed by atoms with Crippen LogP contribution in [0.4, 0.5) is 10.1 Å². The molecule has 1 saturated heterocycles. The third kappa shape index (κ3) is 4.28. The number of anilines is 1. The molecule has 4 rings (SSSR count). The average molecular weight is 383 g/mol. The van der Waals surface area contributed by atoms with Gasteiger partial charge in [0.15, 0.2) is 0 Å². The summed E-state index contributed by atoms with van der Waals surface area (Å²) in [5.41, 5.74) is 2.96. The molecule has 1 aliphatic rings. The molecule has 140 valence electrons. The number of nitrogens with one attached hydrogen (secondary N) is 1. The van der Waals surface area contributed by atoms with Crippen molar-refractivity contribution in [1.82, 2.24) is 9.88 Å². The van der Waals surface area contributed by atoms with Crippen LogP contribution >= 0.6 is 11.3 Å². The van der Waals surface area contributed by atoms with Crippen molar-refractivity contribution in [3.05, 3.63) is 75.0 Å². The van der Waals surface area contributed by atoms with Crippen molar-refractivity contribution >= 4 is 17.0 Å². The summed E-state index contributed by atoms with van der Waals surface area (Å²) in [7, 11) is 0. The monoisotopic (exact) mass is 383 g/mol. The van der Waals surface area contributed by atoms with Gasteiger partial charge in [-0.3, -0.25) is 9.69 Å². The summed E-state index contributed by atoms with van der Waals surface area (Å²) in [6.07, 6.45) is 0.821. The molecule has 2 aromatic carbocycles. The molecule has 2 heterocycles. The largest absolute Gasteiger partial charge is 0.369 e. The molecular weight excluding hydrogens is 361 g/mol. The lowest BCUT2D eigenvalue weighted by Gasteiger charge is -2.36. The van der Waals surface area contributed by atoms with Gasteiger partial charge in [-0.2, -0.15) is 0 Å². The third-order valence-corrected chi connectivity index (χ3v) is 5.95. The van der Waals surface area contributed by atoms with Gasteiger partial charge in [0.25, 0.3) is 0 Å². The van der Waals surface area contributed by atoms with Crippen LogP contribution in [-0.4, -0.2) is 42.6 Å². The highest BCUT2D eigenvalue weighted by Crippen LogP contribution is 2.24. The average Bonchev–Trinajstić information content (AvgIpc) is 3.08. The number of piperazine rings is 1. The molecule has 0 atom stereocenters. The third-order valence-electron chi connectivity index (χ3n) is 5.00. The first-order chi connectivity index (χ1) is 13.2. The number of nitrogens with zero attached hydrogens (tertiary/aromatic N) is 2. The molecule has 27 heavy (non-hydrogen) atoms. The number of halogens is 1. The summed E-state index contributed by atoms with van der Waals surface area (Å²) in [6.45, 7) is 4.97. The number of thiazole rings is 1. The second-order valence-electron chi connectivity index (χ2n) is 6.73. The zero-order chi connectivity index (χ0) is 18.6. The predicted octanol–water partition coefficient (Wildman–Crippen LogP) is 3.61. The Morgan fingerprint density at radius 3 is 2.37 bits per heavy atom. The van der Waals surface area contributed by atoms with Crippen LogP contribution in [0.25, 0.3) is 11.3 Å². The van der Waals surface area contributed by atoms with Crippen LogP contribution in [0.1, 0.15) is 4.88 Å². The van der Waals surface area contributed by atoms with E-state index >= 15 is 0 Å². The Labute approximate surface area is 161 Å². The fourth-order valence-corrected chi connectivity index (χ4v) is 4.36. The maximum atomic E-state index is 13.2. The molecule has 1 fully saturated rings. The van der Waals surface area contributed by atoms with Crippen LogP contribution < -0.4 is 9.77 Å². The molecule has 0 amide bonds. The Hall–Kier alpha value is -2.44. The lowest BCUT2D eigenvalue weighted by Crippen LogP contribution is -2.46. The van der Waals surface area contributed by atoms with E-state index in [4.69, 9.17) is 0 Å². The van der Waals surface area contributed by atoms with Gasteiger partial charge in [-0.1, -0.05) is 29.5 Å². The van der Waals surface area contributed by atoms with E-state index in [9.17, 15) is 9.18 Å². The summed E-state index contributed by atoms with van der Waals surface area (Å²) in [4.78, 5) is 20.6. The van der Waals surface area contributed by atoms with Crippen molar-refractivity contribution in [2.45, 2.75) is 6.42 Å². The molecule has 1 aromatic heterocycles. The molecule has 1 N–H and O–H groups in total. The van der Waals surface area contributed by atoms with E-state index < -0.39 is 0 Å². The second-order valence-corrected chi connectivity index (χ2v) is 7.80. The van der Waals surface area contributed by atoms with Gasteiger partial charge in [-0.25, -0.2) is 4.39 Å². The van der Waals surface area contributed by atoms with Gasteiger partial charge >= 0.3 is 4.87 Å². The first-order valence-electron chi connectivity index (χ1n) is 9.19. The molecule has 0 saturated carbocycles. The molecule has 0 unspecified atom stereocenters. The molecule has 6 heteroatoms. The molecule has 1 aliphatic heterocycles. The Kier molecular flexibility index (Phi) is 5.36. The number of benzene rings is 2. The SMILES string of the molecule is O=c1[nH]c(-c2ccc(F)cc2)c(CCN2CCN(c3ccccc3)CC2)s1. The fourth-order valence-electron chi connectivity index (χ4n) is 3.51. The number of hydrogen-bond donors (Lipinski definition) is 1. The van der Waals surface area contributed by atoms with Gasteiger partial charge in [-0.05, 0) is 48.4 Å². The van der Waals surface area contributed by atoms with Crippen LogP contribution in [0.5, 0.6) is 0 Å². The van der Waals surface area contributed by atoms with Gasteiger partial charge in [0, 0.05) is 43.3 Å². The van der Waals surface area contributed by atoms with Gasteiger partial charge in [0.2, 0.25) is 0 Å². The van der Waals surface area contributed by atoms with E-state index in [1.807, 2.05) is 6.07 Å². The normalized spacial score (nSPS) is 15.2. The first-order valence-corrected chi connectivity index (χ1v) is 10.0. The number of hydrogen-bond acceptors (Lipinski definition) is 4. The quantitative estimate of drug-likeness (QED) is 0.732. The van der Waals surface area contributed by atoms with E-state index in [-0.39, 0.29) is 10.7 Å². The number of aromatic amines is 1. The zero-order valence-electron chi connectivity index (χ0n) is 15.0. The first kappa shape index (κ1) is 17.9. The summed E-state index contributed by atoms with van der Waals surface area (Å²) in [6, 6.07) is 16.8. The lowest BCUT2D eigenvalue weighted by atomic mass is 10.1. The van der Waals surface area contributed by atoms with Gasteiger partial charge in [-0.15, -0.1) is 0 Å². The number of H-pyrrole nitrogens is 1. The minimum Gasteiger partial charge on any atom is -0.369 e. The summed E-state index contributed by atoms with van der Waals surface area (Å²) >= 11 is 1.26. The minimum absolute atomic E-state index is 0.0572. The van der Waals surface area contributed by atoms with Crippen LogP contribution in [-0.2, 0) is 6.42 Å². The standard InChI is InChI=1S/C21H22FN3OS/c22-17-8-6-16(7-9-17)20-19(27-21(26)23-20)10-11-24-12-14-25(15-13-24)18-4-2-1-3-5-18/h1-9H,10-15H2,(H,23,26). The van der Waals surface area contributed by atoms with Gasteiger partial charge in [0.05, 0.1) is 5.69 Å². The van der Waals surface area contributed by atoms with Crippen molar-refractivity contribution in [2.24, 2.45) is 0 Å². The van der Waals surface area contributed by atoms with Crippen LogP contribution in [0, 0.1) is 5.82 Å². The van der Waals surface area contributed by atoms with Crippen molar-refractivity contribution in [3.63, 3.8) is 0 Å². The minimum atomic E-state index is -0.269. The smallest absolute Gasteiger partial charge is 0.305 e. The predicted molar refractivity (Wildman–Crippen MR) is 109 cm³/mol. The van der Waals surface area contributed by atoms with E-state index in [0.29, 0.717) is 0 Å². The maximum Gasteiger partial charge on any atom is 0.305 e. The van der Waals surface area contributed by atoms with Crippen molar-refractivity contribution in [1.29, 1.82) is 0 Å². The van der Waals surface area contributed by atoms with E-state index in [0.717, 1.165) is 55.3 Å². The van der Waals surface area contributed by atoms with Crippen molar-refractivity contribution in [3.8, 4) is 11.3 Å². The fraction of sp³-hybridized carbons (Fsp3) is 0.286. The molecule has 3 aromatic rings. The molecule has 0 aliphatic carbocycles. The molecule has 4 nitrogen and oxygen atoms in total. The van der Waals surface area contributed by atoms with Crippen molar-refractivity contribution in [2.75, 3.05) is 37.6 Å². The Balaban J connectivity index is 1.37. The van der Waals surface area contributed by atoms with E-state index in [1.54, 1.807) is 12.1 Å². The molecular formula is C21H22FN3OS. The number of rotatable bonds is 5. The van der Waals surface area contributed by atoms with Crippen LogP contribution in [0.3, 0.4) is 0 Å². The molecule has 0 spiro atoms. The van der Waals surface area contributed by atoms with Crippen molar-refractivity contribution < 1.29 is 4.39 Å². The topological polar surface area (TPSA) is 39.3 Å². The molecule has 0 bridgehead atoms. The summed E-state index contributed by atoms with van der Waals surface area (Å²) in [5.74, 6) is -0.269. The van der Waals surface area contributed by atoms with Gasteiger partial charge < -0.3 is 9.88 Å². The Morgan fingerprint density at radius 2 is 1.67 bits per heavy atom. The number of para-hydroxylation sites is 1. The highest BCUT2D eigenvalue weighted by atomic mass is 32.1. The van der Waals surface area contributed by atoms with Gasteiger partial charge in [0.1, 0.15) is 5.82 Å². The zero-order valence-corrected chi connectivity index (χ0v) is 15.8. The van der Waals surface area contributed by atoms with E-state index in [1.165, 1.54) is 29.2 Å². The Morgan fingerprint density at radius 1 is 0.963 bits per heavy atom. The Bertz CT molecular complexity index is 928. The lowest BCUT2D eigenvalue weighted by molar-refractivity contribution is 0.261.